The molecule has 2 aromatic carbocycles. The summed E-state index contributed by atoms with van der Waals surface area (Å²) < 4.78 is 6.80. The van der Waals surface area contributed by atoms with Gasteiger partial charge in [0, 0.05) is 37.3 Å². The van der Waals surface area contributed by atoms with Gasteiger partial charge in [-0.05, 0) is 13.0 Å². The van der Waals surface area contributed by atoms with Crippen LogP contribution in [0.5, 0.6) is 0 Å². The summed E-state index contributed by atoms with van der Waals surface area (Å²) in [6.45, 7) is 3.84. The van der Waals surface area contributed by atoms with Gasteiger partial charge in [0.1, 0.15) is 5.56 Å². The first kappa shape index (κ1) is 21.6. The molecule has 1 aliphatic heterocycles. The molecule has 8 nitrogen and oxygen atoms in total. The molecule has 0 spiro atoms. The van der Waals surface area contributed by atoms with Gasteiger partial charge in [0.2, 0.25) is 0 Å². The number of amides is 2. The third kappa shape index (κ3) is 4.10. The summed E-state index contributed by atoms with van der Waals surface area (Å²) >= 11 is 0. The Balaban J connectivity index is 1.51. The molecule has 1 aliphatic rings. The zero-order chi connectivity index (χ0) is 23.5. The maximum Gasteiger partial charge on any atom is 0.409 e. The lowest BCUT2D eigenvalue weighted by Gasteiger charge is -2.33. The second-order valence-electron chi connectivity index (χ2n) is 8.03. The first-order valence-electron chi connectivity index (χ1n) is 11.4. The van der Waals surface area contributed by atoms with E-state index in [1.54, 1.807) is 27.4 Å². The lowest BCUT2D eigenvalue weighted by molar-refractivity contribution is 0.0572. The normalized spacial score (nSPS) is 13.8. The van der Waals surface area contributed by atoms with Gasteiger partial charge in [0.15, 0.2) is 5.65 Å². The van der Waals surface area contributed by atoms with Gasteiger partial charge in [-0.25, -0.2) is 14.3 Å². The second kappa shape index (κ2) is 9.35. The molecule has 0 saturated carbocycles. The fraction of sp³-hybridized carbons (Fsp3) is 0.231. The smallest absolute Gasteiger partial charge is 0.409 e. The van der Waals surface area contributed by atoms with E-state index >= 15 is 0 Å². The molecule has 8 heteroatoms. The molecule has 2 amide bonds. The number of benzene rings is 2. The minimum Gasteiger partial charge on any atom is -0.450 e. The highest BCUT2D eigenvalue weighted by Gasteiger charge is 2.28. The number of ether oxygens (including phenoxy) is 1. The minimum absolute atomic E-state index is 0.143. The quantitative estimate of drug-likeness (QED) is 0.465. The minimum atomic E-state index is -0.341. The van der Waals surface area contributed by atoms with Crippen LogP contribution in [0.1, 0.15) is 17.3 Å². The number of carbonyl (C=O) groups excluding carboxylic acids is 2. The number of piperazine rings is 1. The van der Waals surface area contributed by atoms with Gasteiger partial charge in [-0.2, -0.15) is 5.10 Å². The summed E-state index contributed by atoms with van der Waals surface area (Å²) in [6.07, 6.45) is 1.25. The maximum atomic E-state index is 13.5. The molecule has 0 bridgehead atoms. The number of aromatic nitrogens is 3. The summed E-state index contributed by atoms with van der Waals surface area (Å²) in [5.74, 6) is -0.143. The van der Waals surface area contributed by atoms with Gasteiger partial charge in [0.25, 0.3) is 5.91 Å². The van der Waals surface area contributed by atoms with Crippen LogP contribution in [0.15, 0.2) is 72.9 Å². The SMILES string of the molecule is CCOC(=O)N1CCN(C(=O)c2cnn3c(-c4ccccc4)cc(-c4ccccc4)nc23)CC1. The lowest BCUT2D eigenvalue weighted by atomic mass is 10.1. The van der Waals surface area contributed by atoms with E-state index in [9.17, 15) is 9.59 Å². The Bertz CT molecular complexity index is 1310. The molecule has 2 aromatic heterocycles. The Labute approximate surface area is 197 Å². The average Bonchev–Trinajstić information content (AvgIpc) is 3.33. The van der Waals surface area contributed by atoms with Crippen LogP contribution in [0.4, 0.5) is 4.79 Å². The summed E-state index contributed by atoms with van der Waals surface area (Å²) in [5.41, 5.74) is 4.53. The van der Waals surface area contributed by atoms with Crippen molar-refractivity contribution in [2.24, 2.45) is 0 Å². The molecule has 0 N–H and O–H groups in total. The van der Waals surface area contributed by atoms with Crippen LogP contribution < -0.4 is 0 Å². The van der Waals surface area contributed by atoms with Crippen molar-refractivity contribution in [1.82, 2.24) is 24.4 Å². The van der Waals surface area contributed by atoms with Crippen molar-refractivity contribution < 1.29 is 14.3 Å². The van der Waals surface area contributed by atoms with Crippen molar-refractivity contribution in [2.75, 3.05) is 32.8 Å². The topological polar surface area (TPSA) is 80.0 Å². The fourth-order valence-corrected chi connectivity index (χ4v) is 4.16. The van der Waals surface area contributed by atoms with Gasteiger partial charge in [-0.15, -0.1) is 0 Å². The summed E-state index contributed by atoms with van der Waals surface area (Å²) in [5, 5.41) is 4.54. The van der Waals surface area contributed by atoms with E-state index in [2.05, 4.69) is 5.10 Å². The van der Waals surface area contributed by atoms with Crippen molar-refractivity contribution in [3.05, 3.63) is 78.5 Å². The molecule has 0 radical (unpaired) electrons. The van der Waals surface area contributed by atoms with E-state index in [0.29, 0.717) is 44.0 Å². The molecule has 172 valence electrons. The van der Waals surface area contributed by atoms with Crippen LogP contribution in [0.25, 0.3) is 28.2 Å². The van der Waals surface area contributed by atoms with Crippen molar-refractivity contribution in [3.63, 3.8) is 0 Å². The average molecular weight is 456 g/mol. The van der Waals surface area contributed by atoms with Gasteiger partial charge < -0.3 is 14.5 Å². The summed E-state index contributed by atoms with van der Waals surface area (Å²) in [6, 6.07) is 21.8. The van der Waals surface area contributed by atoms with Crippen LogP contribution in [0.2, 0.25) is 0 Å². The first-order chi connectivity index (χ1) is 16.7. The second-order valence-corrected chi connectivity index (χ2v) is 8.03. The van der Waals surface area contributed by atoms with E-state index in [0.717, 1.165) is 22.5 Å². The molecule has 3 heterocycles. The van der Waals surface area contributed by atoms with Crippen LogP contribution in [-0.4, -0.2) is 69.2 Å². The molecule has 1 fully saturated rings. The number of hydrogen-bond donors (Lipinski definition) is 0. The van der Waals surface area contributed by atoms with Crippen LogP contribution in [0.3, 0.4) is 0 Å². The highest BCUT2D eigenvalue weighted by Crippen LogP contribution is 2.27. The number of carbonyl (C=O) groups is 2. The predicted octanol–water partition coefficient (Wildman–Crippen LogP) is 3.98. The largest absolute Gasteiger partial charge is 0.450 e. The molecular weight excluding hydrogens is 430 g/mol. The van der Waals surface area contributed by atoms with Crippen LogP contribution in [0, 0.1) is 0 Å². The monoisotopic (exact) mass is 455 g/mol. The molecule has 0 aliphatic carbocycles. The predicted molar refractivity (Wildman–Crippen MR) is 128 cm³/mol. The van der Waals surface area contributed by atoms with E-state index < -0.39 is 0 Å². The van der Waals surface area contributed by atoms with E-state index in [4.69, 9.17) is 9.72 Å². The molecule has 5 rings (SSSR count). The number of rotatable bonds is 4. The molecule has 1 saturated heterocycles. The van der Waals surface area contributed by atoms with Gasteiger partial charge in [-0.1, -0.05) is 60.7 Å². The molecule has 34 heavy (non-hydrogen) atoms. The van der Waals surface area contributed by atoms with E-state index in [1.165, 1.54) is 0 Å². The van der Waals surface area contributed by atoms with Crippen molar-refractivity contribution in [1.29, 1.82) is 0 Å². The zero-order valence-electron chi connectivity index (χ0n) is 18.9. The van der Waals surface area contributed by atoms with Gasteiger partial charge in [-0.3, -0.25) is 4.79 Å². The van der Waals surface area contributed by atoms with E-state index in [1.807, 2.05) is 66.7 Å². The Hall–Kier alpha value is -4.20. The number of nitrogens with zero attached hydrogens (tertiary/aromatic N) is 5. The molecule has 0 atom stereocenters. The Kier molecular flexibility index (Phi) is 5.95. The van der Waals surface area contributed by atoms with E-state index in [-0.39, 0.29) is 12.0 Å². The highest BCUT2D eigenvalue weighted by atomic mass is 16.6. The lowest BCUT2D eigenvalue weighted by Crippen LogP contribution is -2.50. The Morgan fingerprint density at radius 2 is 1.50 bits per heavy atom. The van der Waals surface area contributed by atoms with Crippen LogP contribution >= 0.6 is 0 Å². The molecule has 0 unspecified atom stereocenters. The molecule has 4 aromatic rings. The standard InChI is InChI=1S/C26H25N5O3/c1-2-34-26(33)30-15-13-29(14-16-30)25(32)21-18-27-31-23(20-11-7-4-8-12-20)17-22(28-24(21)31)19-9-5-3-6-10-19/h3-12,17-18H,2,13-16H2,1H3. The Morgan fingerprint density at radius 1 is 0.882 bits per heavy atom. The van der Waals surface area contributed by atoms with Crippen LogP contribution in [-0.2, 0) is 4.74 Å². The van der Waals surface area contributed by atoms with Gasteiger partial charge >= 0.3 is 6.09 Å². The highest BCUT2D eigenvalue weighted by molar-refractivity contribution is 6.00. The van der Waals surface area contributed by atoms with Crippen molar-refractivity contribution in [2.45, 2.75) is 6.92 Å². The zero-order valence-corrected chi connectivity index (χ0v) is 18.9. The van der Waals surface area contributed by atoms with Crippen molar-refractivity contribution >= 4 is 17.6 Å². The third-order valence-electron chi connectivity index (χ3n) is 5.93. The third-order valence-corrected chi connectivity index (χ3v) is 5.93. The maximum absolute atomic E-state index is 13.5. The molecular formula is C26H25N5O3. The number of fused-ring (bicyclic) bond motifs is 1. The number of hydrogen-bond acceptors (Lipinski definition) is 5. The van der Waals surface area contributed by atoms with Crippen molar-refractivity contribution in [3.8, 4) is 22.5 Å². The summed E-state index contributed by atoms with van der Waals surface area (Å²) in [4.78, 5) is 33.7. The summed E-state index contributed by atoms with van der Waals surface area (Å²) in [7, 11) is 0. The first-order valence-corrected chi connectivity index (χ1v) is 11.4. The Morgan fingerprint density at radius 3 is 2.15 bits per heavy atom. The fourth-order valence-electron chi connectivity index (χ4n) is 4.16. The van der Waals surface area contributed by atoms with Gasteiger partial charge in [0.05, 0.1) is 24.2 Å².